The van der Waals surface area contributed by atoms with Gasteiger partial charge in [0.25, 0.3) is 0 Å². The van der Waals surface area contributed by atoms with Crippen molar-refractivity contribution in [1.29, 1.82) is 0 Å². The first kappa shape index (κ1) is 119. The first-order chi connectivity index (χ1) is 61.2. The molecule has 16 nitrogen and oxygen atoms in total. The lowest BCUT2D eigenvalue weighted by molar-refractivity contribution is -0.161. The molecular weight excluding hydrogens is 1600 g/mol. The minimum Gasteiger partial charge on any atom is -0.463 e. The Bertz CT molecular complexity index is 3050. The van der Waals surface area contributed by atoms with Gasteiger partial charge >= 0.3 is 33.6 Å². The highest BCUT2D eigenvalue weighted by Gasteiger charge is 2.30. The first-order valence-electron chi connectivity index (χ1n) is 49.7. The number of hydrogen-bond acceptors (Lipinski definition) is 14. The van der Waals surface area contributed by atoms with Crippen molar-refractivity contribution in [3.8, 4) is 0 Å². The van der Waals surface area contributed by atoms with Crippen molar-refractivity contribution in [2.45, 2.75) is 424 Å². The molecule has 0 spiro atoms. The van der Waals surface area contributed by atoms with Crippen LogP contribution in [0.15, 0.2) is 194 Å². The van der Waals surface area contributed by atoms with Gasteiger partial charge in [-0.3, -0.25) is 32.5 Å². The van der Waals surface area contributed by atoms with Crippen LogP contribution in [0.3, 0.4) is 0 Å². The number of aliphatic hydroxyl groups is 2. The lowest BCUT2D eigenvalue weighted by Crippen LogP contribution is -2.30. The average Bonchev–Trinajstić information content (AvgIpc) is 0.899. The Kier molecular flexibility index (Phi) is 93.1. The fraction of sp³-hybridized carbons (Fsp3) is 0.673. The van der Waals surface area contributed by atoms with Crippen molar-refractivity contribution in [2.24, 2.45) is 0 Å². The van der Waals surface area contributed by atoms with E-state index in [-0.39, 0.29) is 19.3 Å². The number of esters is 3. The van der Waals surface area contributed by atoms with E-state index in [1.807, 2.05) is 0 Å². The second-order valence-electron chi connectivity index (χ2n) is 32.8. The van der Waals surface area contributed by atoms with Crippen LogP contribution in [-0.4, -0.2) is 95.9 Å². The van der Waals surface area contributed by atoms with Gasteiger partial charge in [0.1, 0.15) is 25.4 Å². The lowest BCUT2D eigenvalue weighted by Gasteiger charge is -2.21. The molecule has 0 radical (unpaired) electrons. The molecule has 4 N–H and O–H groups in total. The van der Waals surface area contributed by atoms with Gasteiger partial charge in [0, 0.05) is 19.3 Å². The van der Waals surface area contributed by atoms with E-state index in [2.05, 4.69) is 215 Å². The molecule has 0 amide bonds. The molecule has 0 bridgehead atoms. The summed E-state index contributed by atoms with van der Waals surface area (Å²) in [6.45, 7) is 2.45. The Morgan fingerprint density at radius 3 is 0.672 bits per heavy atom. The van der Waals surface area contributed by atoms with Crippen LogP contribution in [-0.2, 0) is 55.8 Å². The Labute approximate surface area is 763 Å². The fourth-order valence-electron chi connectivity index (χ4n) is 13.3. The lowest BCUT2D eigenvalue weighted by atomic mass is 10.0. The third-order valence-electron chi connectivity index (χ3n) is 20.8. The van der Waals surface area contributed by atoms with Crippen molar-refractivity contribution in [3.63, 3.8) is 0 Å². The van der Waals surface area contributed by atoms with Crippen LogP contribution in [0.1, 0.15) is 406 Å². The molecule has 125 heavy (non-hydrogen) atoms. The molecule has 0 aromatic heterocycles. The molecule has 0 saturated heterocycles. The van der Waals surface area contributed by atoms with E-state index in [0.717, 1.165) is 186 Å². The first-order valence-corrected chi connectivity index (χ1v) is 52.7. The Morgan fingerprint density at radius 1 is 0.232 bits per heavy atom. The zero-order chi connectivity index (χ0) is 90.7. The molecule has 5 unspecified atom stereocenters. The van der Waals surface area contributed by atoms with E-state index in [9.17, 15) is 43.5 Å². The van der Waals surface area contributed by atoms with Crippen LogP contribution in [0.2, 0.25) is 0 Å². The number of phosphoric ester groups is 2. The van der Waals surface area contributed by atoms with E-state index in [4.69, 9.17) is 32.3 Å². The van der Waals surface area contributed by atoms with Crippen LogP contribution >= 0.6 is 15.6 Å². The van der Waals surface area contributed by atoms with Crippen molar-refractivity contribution in [1.82, 2.24) is 0 Å². The van der Waals surface area contributed by atoms with E-state index < -0.39 is 91.5 Å². The Hall–Kier alpha value is -5.61. The van der Waals surface area contributed by atoms with Gasteiger partial charge in [-0.2, -0.15) is 0 Å². The molecule has 0 rings (SSSR count). The fourth-order valence-corrected chi connectivity index (χ4v) is 14.9. The molecule has 0 saturated carbocycles. The summed E-state index contributed by atoms with van der Waals surface area (Å²) < 4.78 is 61.6. The minimum atomic E-state index is -4.96. The van der Waals surface area contributed by atoms with Crippen LogP contribution in [0, 0.1) is 0 Å². The van der Waals surface area contributed by atoms with Crippen molar-refractivity contribution < 1.29 is 75.8 Å². The molecule has 0 aliphatic carbocycles. The number of hydrogen-bond donors (Lipinski definition) is 4. The third kappa shape index (κ3) is 98.8. The summed E-state index contributed by atoms with van der Waals surface area (Å²) >= 11 is 0. The normalized spacial score (nSPS) is 14.5. The quantitative estimate of drug-likeness (QED) is 0.0146. The van der Waals surface area contributed by atoms with Gasteiger partial charge in [-0.15, -0.1) is 0 Å². The topological polar surface area (TPSA) is 231 Å². The summed E-state index contributed by atoms with van der Waals surface area (Å²) in [5.74, 6) is -1.59. The molecule has 714 valence electrons. The third-order valence-corrected chi connectivity index (χ3v) is 22.7. The van der Waals surface area contributed by atoms with Crippen molar-refractivity contribution >= 4 is 33.6 Å². The van der Waals surface area contributed by atoms with E-state index in [1.54, 1.807) is 0 Å². The molecule has 0 aromatic carbocycles. The molecular formula is C107H180O16P2. The summed E-state index contributed by atoms with van der Waals surface area (Å²) in [6.07, 6.45) is 131. The largest absolute Gasteiger partial charge is 0.472 e. The summed E-state index contributed by atoms with van der Waals surface area (Å²) in [5, 5.41) is 20.8. The molecule has 0 aliphatic heterocycles. The number of carbonyl (C=O) groups excluding carboxylic acids is 3. The van der Waals surface area contributed by atoms with Gasteiger partial charge in [0.15, 0.2) is 6.10 Å². The maximum atomic E-state index is 13.1. The molecule has 0 fully saturated rings. The molecule has 0 heterocycles. The van der Waals surface area contributed by atoms with Crippen molar-refractivity contribution in [2.75, 3.05) is 39.6 Å². The van der Waals surface area contributed by atoms with Crippen LogP contribution < -0.4 is 0 Å². The Balaban J connectivity index is 4.63. The average molecular weight is 1780 g/mol. The predicted molar refractivity (Wildman–Crippen MR) is 528 cm³/mol. The van der Waals surface area contributed by atoms with Crippen LogP contribution in [0.25, 0.3) is 0 Å². The second kappa shape index (κ2) is 97.4. The van der Waals surface area contributed by atoms with E-state index >= 15 is 0 Å². The van der Waals surface area contributed by atoms with Gasteiger partial charge in [0.05, 0.1) is 26.4 Å². The number of ether oxygens (including phenoxy) is 3. The number of phosphoric acid groups is 2. The Morgan fingerprint density at radius 2 is 0.424 bits per heavy atom. The van der Waals surface area contributed by atoms with E-state index in [0.29, 0.717) is 19.3 Å². The zero-order valence-corrected chi connectivity index (χ0v) is 80.7. The number of carbonyl (C=O) groups is 3. The predicted octanol–water partition coefficient (Wildman–Crippen LogP) is 31.3. The number of allylic oxidation sites excluding steroid dienone is 32. The van der Waals surface area contributed by atoms with Gasteiger partial charge in [-0.05, 0) is 167 Å². The molecule has 5 atom stereocenters. The second-order valence-corrected chi connectivity index (χ2v) is 35.7. The van der Waals surface area contributed by atoms with Gasteiger partial charge in [-0.1, -0.05) is 414 Å². The monoisotopic (exact) mass is 1780 g/mol. The standard InChI is InChI=1S/C107H180O16P2/c1-4-7-10-13-16-19-22-25-28-31-34-37-40-43-45-47-49-50-52-54-55-58-60-63-66-69-72-75-78-81-84-87-90-93-105(110)117-96-102(108)97-119-124(113,114)120-98-103(109)99-121-125(115,116)122-101-104(123-107(112)95-92-89-86-83-80-77-74-71-68-65-62-57-42-39-36-33-30-27-24-21-18-15-12-9-6-3)100-118-106(111)94-91-88-85-82-79-76-73-70-67-64-61-59-56-53-51-48-46-44-41-38-35-32-29-26-23-20-17-14-11-8-5-2/h8-9,11-12,16-21,25-30,34-39,43-46,51,53,57,62,68,71,102-104,108-109H,4-7,10,13-15,22-24,31-33,40-42,47-50,52,54-56,58-61,63-67,69-70,72-101H2,1-3H3,(H,113,114)(H,115,116)/b11-8-,12-9-,19-16-,20-17-,21-18-,28-25-,29-26-,30-27-,37-34-,38-35-,39-36-,45-43-,46-44-,53-51-,62-57-,71-68-. The SMILES string of the molecule is CC/C=C\C/C=C\C/C=C\C/C=C\C/C=C\C/C=C\CCCCCCCCCCCCCCC(=O)OCC(COP(=O)(O)OCC(O)COP(=O)(O)OCC(O)COC(=O)CCCCCCCCCCCCCCCCCCC/C=C\C/C=C\C/C=C\C/C=C\CCCCC)OC(=O)CCCCCCCC/C=C\C/C=C\C/C=C\C/C=C\C/C=C\C/C=C\CC. The maximum absolute atomic E-state index is 13.1. The maximum Gasteiger partial charge on any atom is 0.472 e. The number of aliphatic hydroxyl groups excluding tert-OH is 2. The highest BCUT2D eigenvalue weighted by atomic mass is 31.2. The number of rotatable bonds is 93. The zero-order valence-electron chi connectivity index (χ0n) is 79.0. The minimum absolute atomic E-state index is 0.0807. The molecule has 0 aromatic rings. The summed E-state index contributed by atoms with van der Waals surface area (Å²) in [6, 6.07) is 0. The van der Waals surface area contributed by atoms with Crippen molar-refractivity contribution in [3.05, 3.63) is 194 Å². The van der Waals surface area contributed by atoms with Gasteiger partial charge in [0.2, 0.25) is 0 Å². The summed E-state index contributed by atoms with van der Waals surface area (Å²) in [4.78, 5) is 59.2. The summed E-state index contributed by atoms with van der Waals surface area (Å²) in [5.41, 5.74) is 0. The van der Waals surface area contributed by atoms with Gasteiger partial charge < -0.3 is 34.2 Å². The molecule has 18 heteroatoms. The van der Waals surface area contributed by atoms with E-state index in [1.165, 1.54) is 161 Å². The summed E-state index contributed by atoms with van der Waals surface area (Å²) in [7, 11) is -9.83. The van der Waals surface area contributed by atoms with Crippen LogP contribution in [0.4, 0.5) is 0 Å². The van der Waals surface area contributed by atoms with Gasteiger partial charge in [-0.25, -0.2) is 9.13 Å². The number of unbranched alkanes of at least 4 members (excludes halogenated alkanes) is 38. The highest BCUT2D eigenvalue weighted by Crippen LogP contribution is 2.45. The smallest absolute Gasteiger partial charge is 0.463 e. The van der Waals surface area contributed by atoms with Crippen LogP contribution in [0.5, 0.6) is 0 Å². The highest BCUT2D eigenvalue weighted by molar-refractivity contribution is 7.47. The molecule has 0 aliphatic rings.